The van der Waals surface area contributed by atoms with Crippen LogP contribution < -0.4 is 15.6 Å². The highest BCUT2D eigenvalue weighted by Gasteiger charge is 2.33. The monoisotopic (exact) mass is 532 g/mol. The highest BCUT2D eigenvalue weighted by Crippen LogP contribution is 2.30. The average Bonchev–Trinajstić information content (AvgIpc) is 2.83. The molecule has 0 aromatic carbocycles. The number of anilines is 1. The van der Waals surface area contributed by atoms with E-state index in [9.17, 15) is 27.8 Å². The van der Waals surface area contributed by atoms with E-state index in [0.717, 1.165) is 12.1 Å². The fourth-order valence-electron chi connectivity index (χ4n) is 2.76. The molecule has 3 aromatic heterocycles. The second-order valence-electron chi connectivity index (χ2n) is 6.68. The first-order chi connectivity index (χ1) is 15.8. The predicted molar refractivity (Wildman–Crippen MR) is 122 cm³/mol. The van der Waals surface area contributed by atoms with Gasteiger partial charge in [0.05, 0.1) is 36.5 Å². The smallest absolute Gasteiger partial charge is 0.306 e. The first kappa shape index (κ1) is 29.3. The molecule has 14 heteroatoms. The molecule has 0 atom stereocenters. The summed E-state index contributed by atoms with van der Waals surface area (Å²) in [4.78, 5) is 27.2. The Kier molecular flexibility index (Phi) is 11.1. The number of alkyl halides is 2. The molecule has 0 bridgehead atoms. The highest BCUT2D eigenvalue weighted by molar-refractivity contribution is 5.85. The molecule has 0 aliphatic rings. The fourth-order valence-corrected chi connectivity index (χ4v) is 2.76. The molecule has 3 heterocycles. The van der Waals surface area contributed by atoms with Crippen molar-refractivity contribution < 1.29 is 27.4 Å². The number of hydrogen-bond donors (Lipinski definition) is 2. The number of rotatable bonds is 9. The lowest BCUT2D eigenvalue weighted by molar-refractivity contribution is -0.120. The Bertz CT molecular complexity index is 1180. The minimum absolute atomic E-state index is 0. The van der Waals surface area contributed by atoms with Crippen LogP contribution in [0, 0.1) is 17.1 Å². The number of amides is 1. The summed E-state index contributed by atoms with van der Waals surface area (Å²) in [5, 5.41) is 14.0. The molecule has 3 aromatic rings. The van der Waals surface area contributed by atoms with Crippen LogP contribution in [0.4, 0.5) is 23.5 Å². The van der Waals surface area contributed by atoms with E-state index in [1.807, 2.05) is 0 Å². The maximum atomic E-state index is 14.4. The first-order valence-corrected chi connectivity index (χ1v) is 9.46. The SMILES string of the molecule is Cl.Cl.N#Cc1cc(OF)c(NCC(F)(F)c2ccccn2)nc1CC(=O)NCc1ncccc1F. The van der Waals surface area contributed by atoms with Crippen LogP contribution in [0.25, 0.3) is 0 Å². The summed E-state index contributed by atoms with van der Waals surface area (Å²) in [6.07, 6.45) is 2.09. The second-order valence-corrected chi connectivity index (χ2v) is 6.68. The van der Waals surface area contributed by atoms with Crippen molar-refractivity contribution in [2.45, 2.75) is 18.9 Å². The zero-order valence-corrected chi connectivity index (χ0v) is 19.3. The number of aromatic nitrogens is 3. The molecule has 8 nitrogen and oxygen atoms in total. The minimum atomic E-state index is -3.44. The number of halogens is 6. The molecule has 0 unspecified atom stereocenters. The van der Waals surface area contributed by atoms with E-state index in [4.69, 9.17) is 0 Å². The maximum Gasteiger partial charge on any atom is 0.306 e. The van der Waals surface area contributed by atoms with E-state index in [1.54, 1.807) is 6.07 Å². The molecule has 3 rings (SSSR count). The molecule has 0 saturated heterocycles. The molecule has 1 amide bonds. The first-order valence-electron chi connectivity index (χ1n) is 9.46. The van der Waals surface area contributed by atoms with E-state index in [2.05, 4.69) is 30.5 Å². The lowest BCUT2D eigenvalue weighted by Crippen LogP contribution is -2.27. The number of pyridine rings is 3. The van der Waals surface area contributed by atoms with Gasteiger partial charge < -0.3 is 10.6 Å². The maximum absolute atomic E-state index is 14.4. The molecule has 0 radical (unpaired) electrons. The van der Waals surface area contributed by atoms with Crippen LogP contribution in [0.15, 0.2) is 48.8 Å². The van der Waals surface area contributed by atoms with Crippen molar-refractivity contribution in [2.24, 2.45) is 0 Å². The molecule has 0 spiro atoms. The zero-order valence-electron chi connectivity index (χ0n) is 17.7. The number of nitrogens with zero attached hydrogens (tertiary/aromatic N) is 4. The highest BCUT2D eigenvalue weighted by atomic mass is 35.5. The Labute approximate surface area is 209 Å². The number of nitrogens with one attached hydrogen (secondary N) is 2. The lowest BCUT2D eigenvalue weighted by atomic mass is 10.1. The standard InChI is InChI=1S/C21H16F4N6O2.2ClH/c22-14-4-3-7-27-16(14)11-29-19(32)9-15-13(10-26)8-17(33-25)20(31-15)30-12-21(23,24)18-5-1-2-6-28-18;;/h1-8H,9,11-12H2,(H,29,32)(H,30,31);2*1H. The van der Waals surface area contributed by atoms with Gasteiger partial charge in [0.25, 0.3) is 0 Å². The summed E-state index contributed by atoms with van der Waals surface area (Å²) in [5.74, 6) is -5.75. The van der Waals surface area contributed by atoms with Crippen molar-refractivity contribution in [3.8, 4) is 11.8 Å². The number of hydrogen-bond acceptors (Lipinski definition) is 7. The molecule has 0 saturated carbocycles. The Balaban J connectivity index is 0.00000306. The van der Waals surface area contributed by atoms with Crippen LogP contribution in [0.1, 0.15) is 22.6 Å². The van der Waals surface area contributed by atoms with Gasteiger partial charge in [-0.25, -0.2) is 9.37 Å². The average molecular weight is 533 g/mol. The van der Waals surface area contributed by atoms with Gasteiger partial charge in [-0.15, -0.1) is 24.8 Å². The van der Waals surface area contributed by atoms with Crippen LogP contribution in [-0.2, 0) is 23.7 Å². The molecular weight excluding hydrogens is 515 g/mol. The van der Waals surface area contributed by atoms with E-state index in [-0.39, 0.29) is 48.3 Å². The van der Waals surface area contributed by atoms with E-state index < -0.39 is 47.9 Å². The van der Waals surface area contributed by atoms with Crippen molar-refractivity contribution in [1.82, 2.24) is 20.3 Å². The third-order valence-electron chi connectivity index (χ3n) is 4.40. The van der Waals surface area contributed by atoms with Crippen molar-refractivity contribution in [3.05, 3.63) is 77.3 Å². The van der Waals surface area contributed by atoms with Crippen LogP contribution in [0.2, 0.25) is 0 Å². The predicted octanol–water partition coefficient (Wildman–Crippen LogP) is 4.05. The second kappa shape index (κ2) is 13.3. The summed E-state index contributed by atoms with van der Waals surface area (Å²) in [6, 6.07) is 9.22. The Morgan fingerprint density at radius 1 is 1.11 bits per heavy atom. The topological polar surface area (TPSA) is 113 Å². The van der Waals surface area contributed by atoms with E-state index in [0.29, 0.717) is 0 Å². The van der Waals surface area contributed by atoms with Gasteiger partial charge in [-0.1, -0.05) is 6.07 Å². The third kappa shape index (κ3) is 7.66. The number of nitriles is 1. The van der Waals surface area contributed by atoms with Gasteiger partial charge in [0.1, 0.15) is 17.6 Å². The van der Waals surface area contributed by atoms with Gasteiger partial charge in [0.2, 0.25) is 11.7 Å². The molecule has 0 aliphatic heterocycles. The Morgan fingerprint density at radius 2 is 1.86 bits per heavy atom. The zero-order chi connectivity index (χ0) is 23.8. The summed E-state index contributed by atoms with van der Waals surface area (Å²) < 4.78 is 55.4. The Hall–Kier alpha value is -3.69. The molecule has 2 N–H and O–H groups in total. The van der Waals surface area contributed by atoms with Crippen LogP contribution in [0.5, 0.6) is 5.75 Å². The third-order valence-corrected chi connectivity index (χ3v) is 4.40. The van der Waals surface area contributed by atoms with Crippen molar-refractivity contribution in [2.75, 3.05) is 11.9 Å². The molecule has 0 aliphatic carbocycles. The molecule has 35 heavy (non-hydrogen) atoms. The van der Waals surface area contributed by atoms with Crippen molar-refractivity contribution >= 4 is 36.5 Å². The van der Waals surface area contributed by atoms with Gasteiger partial charge in [-0.05, 0) is 24.3 Å². The summed E-state index contributed by atoms with van der Waals surface area (Å²) in [7, 11) is 0. The van der Waals surface area contributed by atoms with Crippen molar-refractivity contribution in [1.29, 1.82) is 5.26 Å². The number of carbonyl (C=O) groups is 1. The summed E-state index contributed by atoms with van der Waals surface area (Å²) in [6.45, 7) is -1.23. The normalized spacial score (nSPS) is 10.3. The molecule has 0 fully saturated rings. The van der Waals surface area contributed by atoms with Gasteiger partial charge >= 0.3 is 5.92 Å². The lowest BCUT2D eigenvalue weighted by Gasteiger charge is -2.18. The largest absolute Gasteiger partial charge is 0.360 e. The van der Waals surface area contributed by atoms with Gasteiger partial charge in [0.15, 0.2) is 5.82 Å². The van der Waals surface area contributed by atoms with E-state index in [1.165, 1.54) is 36.7 Å². The van der Waals surface area contributed by atoms with Crippen molar-refractivity contribution in [3.63, 3.8) is 0 Å². The fraction of sp³-hybridized carbons (Fsp3) is 0.190. The molecular formula is C21H18Cl2F4N6O2. The van der Waals surface area contributed by atoms with Crippen LogP contribution >= 0.6 is 24.8 Å². The van der Waals surface area contributed by atoms with E-state index >= 15 is 0 Å². The number of carbonyl (C=O) groups excluding carboxylic acids is 1. The summed E-state index contributed by atoms with van der Waals surface area (Å²) >= 11 is 0. The van der Waals surface area contributed by atoms with Crippen LogP contribution in [-0.4, -0.2) is 27.4 Å². The summed E-state index contributed by atoms with van der Waals surface area (Å²) in [5.41, 5.74) is -0.848. The molecule has 186 valence electrons. The van der Waals surface area contributed by atoms with Gasteiger partial charge in [-0.2, -0.15) is 14.0 Å². The van der Waals surface area contributed by atoms with Crippen LogP contribution in [0.3, 0.4) is 0 Å². The van der Waals surface area contributed by atoms with Gasteiger partial charge in [0, 0.05) is 23.0 Å². The quantitative estimate of drug-likeness (QED) is 0.399. The van der Waals surface area contributed by atoms with Gasteiger partial charge in [-0.3, -0.25) is 19.7 Å². The Morgan fingerprint density at radius 3 is 2.49 bits per heavy atom. The minimum Gasteiger partial charge on any atom is -0.360 e.